The van der Waals surface area contributed by atoms with Crippen LogP contribution in [0.3, 0.4) is 0 Å². The third-order valence-corrected chi connectivity index (χ3v) is 5.17. The zero-order valence-electron chi connectivity index (χ0n) is 16.8. The summed E-state index contributed by atoms with van der Waals surface area (Å²) in [4.78, 5) is 11.7. The van der Waals surface area contributed by atoms with Crippen molar-refractivity contribution in [2.75, 3.05) is 6.61 Å². The number of rotatable bonds is 11. The number of nitrogens with two attached hydrogens (primary N) is 1. The quantitative estimate of drug-likeness (QED) is 0.447. The van der Waals surface area contributed by atoms with Gasteiger partial charge in [0.05, 0.1) is 12.6 Å². The van der Waals surface area contributed by atoms with Crippen LogP contribution in [0, 0.1) is 11.3 Å². The Labute approximate surface area is 157 Å². The van der Waals surface area contributed by atoms with E-state index in [0.29, 0.717) is 18.8 Å². The summed E-state index contributed by atoms with van der Waals surface area (Å²) in [7, 11) is 0. The van der Waals surface area contributed by atoms with E-state index in [1.54, 1.807) is 6.20 Å². The van der Waals surface area contributed by atoms with E-state index in [9.17, 15) is 15.0 Å². The number of aliphatic hydroxyl groups is 1. The predicted molar refractivity (Wildman–Crippen MR) is 103 cm³/mol. The van der Waals surface area contributed by atoms with E-state index in [-0.39, 0.29) is 23.8 Å². The lowest BCUT2D eigenvalue weighted by atomic mass is 9.83. The van der Waals surface area contributed by atoms with E-state index in [1.807, 2.05) is 26.0 Å². The molecule has 0 saturated heterocycles. The molecule has 6 heteroatoms. The molecule has 26 heavy (non-hydrogen) atoms. The van der Waals surface area contributed by atoms with Gasteiger partial charge in [0.25, 0.3) is 0 Å². The lowest BCUT2D eigenvalue weighted by molar-refractivity contribution is -0.162. The molecule has 0 aromatic carbocycles. The highest BCUT2D eigenvalue weighted by Gasteiger charge is 2.44. The fourth-order valence-electron chi connectivity index (χ4n) is 2.83. The van der Waals surface area contributed by atoms with Gasteiger partial charge in [-0.2, -0.15) is 0 Å². The lowest BCUT2D eigenvalue weighted by Gasteiger charge is -2.34. The average molecular weight is 369 g/mol. The minimum Gasteiger partial charge on any atom is -0.494 e. The number of aliphatic carboxylic acids is 1. The minimum atomic E-state index is -1.99. The number of allylic oxidation sites excluding steroid dienone is 1. The molecule has 0 amide bonds. The monoisotopic (exact) mass is 368 g/mol. The van der Waals surface area contributed by atoms with Crippen molar-refractivity contribution in [1.82, 2.24) is 5.32 Å². The lowest BCUT2D eigenvalue weighted by Crippen LogP contribution is -2.57. The first-order valence-corrected chi connectivity index (χ1v) is 9.48. The van der Waals surface area contributed by atoms with Crippen LogP contribution in [0.5, 0.6) is 0 Å². The van der Waals surface area contributed by atoms with Crippen LogP contribution in [0.1, 0.15) is 60.3 Å². The van der Waals surface area contributed by atoms with Crippen LogP contribution in [0.25, 0.3) is 0 Å². The van der Waals surface area contributed by atoms with Crippen LogP contribution < -0.4 is 11.1 Å². The molecule has 0 saturated carbocycles. The van der Waals surface area contributed by atoms with Crippen LogP contribution in [-0.4, -0.2) is 40.5 Å². The van der Waals surface area contributed by atoms with Gasteiger partial charge in [-0.15, -0.1) is 0 Å². The largest absolute Gasteiger partial charge is 0.494 e. The maximum absolute atomic E-state index is 11.7. The highest BCUT2D eigenvalue weighted by atomic mass is 16.5. The van der Waals surface area contributed by atoms with Crippen LogP contribution in [-0.2, 0) is 9.53 Å². The first-order chi connectivity index (χ1) is 12.0. The first-order valence-electron chi connectivity index (χ1n) is 9.48. The third-order valence-electron chi connectivity index (χ3n) is 5.17. The molecule has 1 aliphatic rings. The van der Waals surface area contributed by atoms with Gasteiger partial charge < -0.3 is 26.0 Å². The van der Waals surface area contributed by atoms with E-state index >= 15 is 0 Å². The zero-order chi connectivity index (χ0) is 20.0. The maximum Gasteiger partial charge on any atom is 0.337 e. The topological polar surface area (TPSA) is 105 Å². The third kappa shape index (κ3) is 6.65. The maximum atomic E-state index is 11.7. The predicted octanol–water partition coefficient (Wildman–Crippen LogP) is 2.78. The number of hydrogen-bond donors (Lipinski definition) is 4. The second-order valence-corrected chi connectivity index (χ2v) is 8.46. The standard InChI is InChI=1S/C20H36N2O4/c1-6-19(4,5)8-10-26-16-7-9-22-15(12-16)13-20(25,18(23)24)17(21)11-14(2)3/h7,9,12,14-15,17,22,25H,6,8,10-11,13,21H2,1-5H3,(H,23,24)/t15?,17-,20+/m0/s1. The number of carboxylic acid groups (broad SMARTS) is 1. The van der Waals surface area contributed by atoms with Crippen molar-refractivity contribution in [2.45, 2.75) is 78.0 Å². The van der Waals surface area contributed by atoms with Gasteiger partial charge in [0.1, 0.15) is 5.76 Å². The molecule has 0 aliphatic carbocycles. The minimum absolute atomic E-state index is 0.0200. The van der Waals surface area contributed by atoms with Crippen LogP contribution in [0.2, 0.25) is 0 Å². The van der Waals surface area contributed by atoms with Crippen LogP contribution in [0.4, 0.5) is 0 Å². The molecule has 1 unspecified atom stereocenters. The average Bonchev–Trinajstić information content (AvgIpc) is 2.54. The molecule has 5 N–H and O–H groups in total. The Morgan fingerprint density at radius 2 is 2.08 bits per heavy atom. The van der Waals surface area contributed by atoms with Crippen molar-refractivity contribution >= 4 is 5.97 Å². The SMILES string of the molecule is CCC(C)(C)CCOC1=CC(C[C@](O)(C(=O)O)[C@@H](N)CC(C)C)NC=C1. The summed E-state index contributed by atoms with van der Waals surface area (Å²) < 4.78 is 5.82. The van der Waals surface area contributed by atoms with Gasteiger partial charge in [-0.1, -0.05) is 41.0 Å². The van der Waals surface area contributed by atoms with Gasteiger partial charge in [0.2, 0.25) is 0 Å². The molecular weight excluding hydrogens is 332 g/mol. The Kier molecular flexibility index (Phi) is 8.15. The van der Waals surface area contributed by atoms with Crippen molar-refractivity contribution in [3.05, 3.63) is 24.1 Å². The Morgan fingerprint density at radius 3 is 2.62 bits per heavy atom. The summed E-state index contributed by atoms with van der Waals surface area (Å²) in [5.74, 6) is -0.403. The Balaban J connectivity index is 2.73. The summed E-state index contributed by atoms with van der Waals surface area (Å²) in [6, 6.07) is -1.19. The molecule has 1 rings (SSSR count). The van der Waals surface area contributed by atoms with Crippen molar-refractivity contribution < 1.29 is 19.7 Å². The molecule has 6 nitrogen and oxygen atoms in total. The molecule has 0 spiro atoms. The second-order valence-electron chi connectivity index (χ2n) is 8.46. The summed E-state index contributed by atoms with van der Waals surface area (Å²) in [5, 5.41) is 23.3. The molecule has 0 fully saturated rings. The number of carboxylic acids is 1. The molecule has 0 aromatic rings. The van der Waals surface area contributed by atoms with Gasteiger partial charge in [-0.05, 0) is 36.3 Å². The molecule has 0 radical (unpaired) electrons. The number of ether oxygens (including phenoxy) is 1. The first kappa shape index (κ1) is 22.5. The highest BCUT2D eigenvalue weighted by Crippen LogP contribution is 2.26. The number of carbonyl (C=O) groups is 1. The molecular formula is C20H36N2O4. The normalized spacial score (nSPS) is 20.9. The van der Waals surface area contributed by atoms with Crippen molar-refractivity contribution in [1.29, 1.82) is 0 Å². The van der Waals surface area contributed by atoms with Gasteiger partial charge >= 0.3 is 5.97 Å². The Morgan fingerprint density at radius 1 is 1.42 bits per heavy atom. The molecule has 3 atom stereocenters. The van der Waals surface area contributed by atoms with Crippen LogP contribution in [0.15, 0.2) is 24.1 Å². The van der Waals surface area contributed by atoms with E-state index in [0.717, 1.165) is 12.8 Å². The van der Waals surface area contributed by atoms with Gasteiger partial charge in [0.15, 0.2) is 5.60 Å². The van der Waals surface area contributed by atoms with Crippen LogP contribution >= 0.6 is 0 Å². The van der Waals surface area contributed by atoms with E-state index in [4.69, 9.17) is 10.5 Å². The molecule has 150 valence electrons. The van der Waals surface area contributed by atoms with Crippen molar-refractivity contribution in [2.24, 2.45) is 17.1 Å². The van der Waals surface area contributed by atoms with Gasteiger partial charge in [0, 0.05) is 18.7 Å². The van der Waals surface area contributed by atoms with Gasteiger partial charge in [-0.3, -0.25) is 0 Å². The van der Waals surface area contributed by atoms with Crippen molar-refractivity contribution in [3.8, 4) is 0 Å². The van der Waals surface area contributed by atoms with Gasteiger partial charge in [-0.25, -0.2) is 4.79 Å². The number of hydrogen-bond acceptors (Lipinski definition) is 5. The summed E-state index contributed by atoms with van der Waals surface area (Å²) >= 11 is 0. The Hall–Kier alpha value is -1.53. The molecule has 1 heterocycles. The number of dihydropyridines is 1. The summed E-state index contributed by atoms with van der Waals surface area (Å²) in [5.41, 5.74) is 4.26. The summed E-state index contributed by atoms with van der Waals surface area (Å²) in [6.45, 7) is 11.1. The van der Waals surface area contributed by atoms with E-state index in [1.165, 1.54) is 0 Å². The smallest absolute Gasteiger partial charge is 0.337 e. The molecule has 0 bridgehead atoms. The van der Waals surface area contributed by atoms with Crippen molar-refractivity contribution in [3.63, 3.8) is 0 Å². The zero-order valence-corrected chi connectivity index (χ0v) is 16.8. The van der Waals surface area contributed by atoms with E-state index < -0.39 is 17.6 Å². The fourth-order valence-corrected chi connectivity index (χ4v) is 2.83. The second kappa shape index (κ2) is 9.42. The number of nitrogens with one attached hydrogen (secondary N) is 1. The molecule has 0 aromatic heterocycles. The molecule has 1 aliphatic heterocycles. The van der Waals surface area contributed by atoms with E-state index in [2.05, 4.69) is 26.1 Å². The fraction of sp³-hybridized carbons (Fsp3) is 0.750. The Bertz CT molecular complexity index is 528. The highest BCUT2D eigenvalue weighted by molar-refractivity contribution is 5.78. The summed E-state index contributed by atoms with van der Waals surface area (Å²) in [6.07, 6.45) is 7.78.